The van der Waals surface area contributed by atoms with Crippen molar-refractivity contribution in [1.29, 1.82) is 0 Å². The summed E-state index contributed by atoms with van der Waals surface area (Å²) in [7, 11) is 1.60. The van der Waals surface area contributed by atoms with Gasteiger partial charge in [-0.05, 0) is 36.5 Å². The van der Waals surface area contributed by atoms with E-state index >= 15 is 0 Å². The van der Waals surface area contributed by atoms with Crippen molar-refractivity contribution >= 4 is 23.8 Å². The summed E-state index contributed by atoms with van der Waals surface area (Å²) >= 11 is 11.6. The lowest BCUT2D eigenvalue weighted by Gasteiger charge is -2.10. The lowest BCUT2D eigenvalue weighted by Crippen LogP contribution is -1.99. The van der Waals surface area contributed by atoms with E-state index in [-0.39, 0.29) is 0 Å². The molecule has 1 aromatic carbocycles. The molecular formula is C14H11ClN4OS. The Labute approximate surface area is 131 Å². The zero-order valence-electron chi connectivity index (χ0n) is 11.1. The summed E-state index contributed by atoms with van der Waals surface area (Å²) in [6.45, 7) is 0. The molecular weight excluding hydrogens is 308 g/mol. The van der Waals surface area contributed by atoms with Crippen LogP contribution in [0.25, 0.3) is 17.1 Å². The molecule has 1 N–H and O–H groups in total. The van der Waals surface area contributed by atoms with Crippen LogP contribution in [-0.2, 0) is 0 Å². The lowest BCUT2D eigenvalue weighted by molar-refractivity contribution is 0.414. The number of aromatic nitrogens is 4. The van der Waals surface area contributed by atoms with Crippen LogP contribution in [0, 0.1) is 4.77 Å². The Balaban J connectivity index is 2.25. The van der Waals surface area contributed by atoms with Gasteiger partial charge in [0.1, 0.15) is 5.75 Å². The predicted octanol–water partition coefficient (Wildman–Crippen LogP) is 3.65. The van der Waals surface area contributed by atoms with Crippen LogP contribution in [0.3, 0.4) is 0 Å². The smallest absolute Gasteiger partial charge is 0.200 e. The van der Waals surface area contributed by atoms with Crippen molar-refractivity contribution in [2.75, 3.05) is 7.11 Å². The van der Waals surface area contributed by atoms with Crippen molar-refractivity contribution in [3.05, 3.63) is 52.5 Å². The number of methoxy groups -OCH3 is 1. The third-order valence-electron chi connectivity index (χ3n) is 3.01. The first-order valence-corrected chi connectivity index (χ1v) is 6.91. The standard InChI is InChI=1S/C14H11ClN4OS/c1-20-10-2-3-11(15)12(8-10)19-13(17-18-14(19)21)9-4-6-16-7-5-9/h2-8H,1H3,(H,18,21). The van der Waals surface area contributed by atoms with Crippen LogP contribution in [0.2, 0.25) is 5.02 Å². The van der Waals surface area contributed by atoms with Crippen LogP contribution in [0.1, 0.15) is 0 Å². The topological polar surface area (TPSA) is 55.7 Å². The highest BCUT2D eigenvalue weighted by Crippen LogP contribution is 2.29. The van der Waals surface area contributed by atoms with Crippen molar-refractivity contribution in [3.8, 4) is 22.8 Å². The van der Waals surface area contributed by atoms with E-state index in [4.69, 9.17) is 28.6 Å². The van der Waals surface area contributed by atoms with Gasteiger partial charge in [0.15, 0.2) is 10.6 Å². The van der Waals surface area contributed by atoms with Crippen LogP contribution in [-0.4, -0.2) is 26.9 Å². The quantitative estimate of drug-likeness (QED) is 0.749. The van der Waals surface area contributed by atoms with Crippen LogP contribution in [0.15, 0.2) is 42.7 Å². The fraction of sp³-hybridized carbons (Fsp3) is 0.0714. The Bertz CT molecular complexity index is 828. The summed E-state index contributed by atoms with van der Waals surface area (Å²) in [5.74, 6) is 1.36. The number of benzene rings is 1. The average molecular weight is 319 g/mol. The molecule has 7 heteroatoms. The SMILES string of the molecule is COc1ccc(Cl)c(-n2c(-c3ccncc3)n[nH]c2=S)c1. The predicted molar refractivity (Wildman–Crippen MR) is 83.5 cm³/mol. The molecule has 0 radical (unpaired) electrons. The van der Waals surface area contributed by atoms with Crippen LogP contribution in [0.5, 0.6) is 5.75 Å². The zero-order valence-corrected chi connectivity index (χ0v) is 12.6. The van der Waals surface area contributed by atoms with Gasteiger partial charge < -0.3 is 4.74 Å². The molecule has 0 saturated carbocycles. The van der Waals surface area contributed by atoms with Crippen molar-refractivity contribution in [3.63, 3.8) is 0 Å². The zero-order chi connectivity index (χ0) is 14.8. The Morgan fingerprint density at radius 1 is 1.24 bits per heavy atom. The van der Waals surface area contributed by atoms with Crippen LogP contribution in [0.4, 0.5) is 0 Å². The molecule has 0 saturated heterocycles. The van der Waals surface area contributed by atoms with Crippen LogP contribution >= 0.6 is 23.8 Å². The van der Waals surface area contributed by atoms with E-state index in [1.807, 2.05) is 18.2 Å². The molecule has 0 unspecified atom stereocenters. The second-order valence-electron chi connectivity index (χ2n) is 4.24. The number of halogens is 1. The third kappa shape index (κ3) is 2.55. The van der Waals surface area contributed by atoms with E-state index in [1.165, 1.54) is 0 Å². The first-order chi connectivity index (χ1) is 10.2. The number of aromatic amines is 1. The van der Waals surface area contributed by atoms with Gasteiger partial charge in [0.25, 0.3) is 0 Å². The van der Waals surface area contributed by atoms with Crippen molar-refractivity contribution in [2.45, 2.75) is 0 Å². The number of H-pyrrole nitrogens is 1. The van der Waals surface area contributed by atoms with Gasteiger partial charge in [0.2, 0.25) is 0 Å². The Hall–Kier alpha value is -2.18. The molecule has 0 amide bonds. The maximum atomic E-state index is 6.30. The maximum Gasteiger partial charge on any atom is 0.200 e. The molecule has 0 aliphatic heterocycles. The van der Waals surface area contributed by atoms with Gasteiger partial charge in [-0.2, -0.15) is 5.10 Å². The molecule has 0 aliphatic rings. The van der Waals surface area contributed by atoms with E-state index in [9.17, 15) is 0 Å². The highest BCUT2D eigenvalue weighted by Gasteiger charge is 2.14. The minimum Gasteiger partial charge on any atom is -0.497 e. The maximum absolute atomic E-state index is 6.30. The molecule has 2 aromatic heterocycles. The summed E-state index contributed by atoms with van der Waals surface area (Å²) in [5, 5.41) is 7.63. The summed E-state index contributed by atoms with van der Waals surface area (Å²) < 4.78 is 7.48. The molecule has 2 heterocycles. The number of pyridine rings is 1. The molecule has 0 spiro atoms. The summed E-state index contributed by atoms with van der Waals surface area (Å²) in [4.78, 5) is 4.01. The fourth-order valence-electron chi connectivity index (χ4n) is 2.01. The molecule has 0 aliphatic carbocycles. The number of nitrogens with one attached hydrogen (secondary N) is 1. The van der Waals surface area contributed by atoms with E-state index < -0.39 is 0 Å². The van der Waals surface area contributed by atoms with Gasteiger partial charge in [-0.1, -0.05) is 11.6 Å². The average Bonchev–Trinajstić information content (AvgIpc) is 2.90. The highest BCUT2D eigenvalue weighted by atomic mass is 35.5. The Morgan fingerprint density at radius 2 is 2.00 bits per heavy atom. The number of hydrogen-bond donors (Lipinski definition) is 1. The molecule has 21 heavy (non-hydrogen) atoms. The van der Waals surface area contributed by atoms with Gasteiger partial charge >= 0.3 is 0 Å². The number of ether oxygens (including phenoxy) is 1. The van der Waals surface area contributed by atoms with Crippen molar-refractivity contribution in [1.82, 2.24) is 19.7 Å². The van der Waals surface area contributed by atoms with Gasteiger partial charge in [-0.15, -0.1) is 0 Å². The Kier molecular flexibility index (Phi) is 3.72. The van der Waals surface area contributed by atoms with Crippen molar-refractivity contribution < 1.29 is 4.74 Å². The lowest BCUT2D eigenvalue weighted by atomic mass is 10.2. The first-order valence-electron chi connectivity index (χ1n) is 6.12. The minimum atomic E-state index is 0.456. The normalized spacial score (nSPS) is 10.6. The highest BCUT2D eigenvalue weighted by molar-refractivity contribution is 7.71. The third-order valence-corrected chi connectivity index (χ3v) is 3.60. The summed E-state index contributed by atoms with van der Waals surface area (Å²) in [6, 6.07) is 9.09. The van der Waals surface area contributed by atoms with Gasteiger partial charge in [-0.25, -0.2) is 0 Å². The largest absolute Gasteiger partial charge is 0.497 e. The molecule has 106 valence electrons. The monoisotopic (exact) mass is 318 g/mol. The van der Waals surface area contributed by atoms with Gasteiger partial charge in [0.05, 0.1) is 17.8 Å². The first kappa shape index (κ1) is 13.8. The molecule has 3 rings (SSSR count). The van der Waals surface area contributed by atoms with Crippen molar-refractivity contribution in [2.24, 2.45) is 0 Å². The van der Waals surface area contributed by atoms with Crippen LogP contribution < -0.4 is 4.74 Å². The summed E-state index contributed by atoms with van der Waals surface area (Å²) in [6.07, 6.45) is 3.40. The molecule has 0 atom stereocenters. The van der Waals surface area contributed by atoms with E-state index in [0.29, 0.717) is 27.1 Å². The molecule has 0 fully saturated rings. The summed E-state index contributed by atoms with van der Waals surface area (Å²) in [5.41, 5.74) is 1.60. The second-order valence-corrected chi connectivity index (χ2v) is 5.03. The Morgan fingerprint density at radius 3 is 2.71 bits per heavy atom. The number of rotatable bonds is 3. The number of hydrogen-bond acceptors (Lipinski definition) is 4. The molecule has 5 nitrogen and oxygen atoms in total. The van der Waals surface area contributed by atoms with E-state index in [0.717, 1.165) is 5.56 Å². The minimum absolute atomic E-state index is 0.456. The molecule has 3 aromatic rings. The fourth-order valence-corrected chi connectivity index (χ4v) is 2.44. The molecule has 0 bridgehead atoms. The van der Waals surface area contributed by atoms with Gasteiger partial charge in [0, 0.05) is 24.0 Å². The van der Waals surface area contributed by atoms with Gasteiger partial charge in [-0.3, -0.25) is 14.6 Å². The van der Waals surface area contributed by atoms with E-state index in [2.05, 4.69) is 15.2 Å². The number of nitrogens with zero attached hydrogens (tertiary/aromatic N) is 3. The second kappa shape index (κ2) is 5.67. The van der Waals surface area contributed by atoms with E-state index in [1.54, 1.807) is 36.2 Å².